The minimum Gasteiger partial charge on any atom is -0.481 e. The van der Waals surface area contributed by atoms with Crippen LogP contribution >= 0.6 is 0 Å². The van der Waals surface area contributed by atoms with E-state index in [2.05, 4.69) is 5.32 Å². The van der Waals surface area contributed by atoms with Gasteiger partial charge in [0.2, 0.25) is 5.91 Å². The van der Waals surface area contributed by atoms with Crippen LogP contribution in [-0.2, 0) is 16.0 Å². The van der Waals surface area contributed by atoms with Crippen molar-refractivity contribution in [1.82, 2.24) is 5.32 Å². The molecule has 0 spiro atoms. The van der Waals surface area contributed by atoms with Crippen LogP contribution in [0, 0.1) is 13.8 Å². The van der Waals surface area contributed by atoms with Gasteiger partial charge in [-0.25, -0.2) is 4.79 Å². The number of nitrogens with zero attached hydrogens (tertiary/aromatic N) is 1. The van der Waals surface area contributed by atoms with E-state index < -0.39 is 12.6 Å². The molecule has 2 aromatic rings. The Morgan fingerprint density at radius 2 is 1.82 bits per heavy atom. The Bertz CT molecular complexity index is 915. The minimum absolute atomic E-state index is 0.0947. The molecular weight excluding hydrogens is 360 g/mol. The molecule has 0 fully saturated rings. The van der Waals surface area contributed by atoms with Gasteiger partial charge in [-0.15, -0.1) is 0 Å². The first-order chi connectivity index (χ1) is 13.4. The molecule has 28 heavy (non-hydrogen) atoms. The Balaban J connectivity index is 1.64. The lowest BCUT2D eigenvalue weighted by molar-refractivity contribution is -0.139. The average molecular weight is 382 g/mol. The zero-order valence-electron chi connectivity index (χ0n) is 15.8. The van der Waals surface area contributed by atoms with Gasteiger partial charge in [0.25, 0.3) is 5.91 Å². The fourth-order valence-electron chi connectivity index (χ4n) is 3.39. The van der Waals surface area contributed by atoms with Crippen LogP contribution in [0.3, 0.4) is 0 Å². The van der Waals surface area contributed by atoms with Gasteiger partial charge in [0, 0.05) is 17.8 Å². The number of carboxylic acid groups (broad SMARTS) is 1. The van der Waals surface area contributed by atoms with Gasteiger partial charge in [0.1, 0.15) is 5.75 Å². The van der Waals surface area contributed by atoms with E-state index in [4.69, 9.17) is 9.84 Å². The summed E-state index contributed by atoms with van der Waals surface area (Å²) in [5.74, 6) is -1.14. The van der Waals surface area contributed by atoms with Gasteiger partial charge in [0.05, 0.1) is 6.54 Å². The molecule has 0 unspecified atom stereocenters. The molecule has 0 aliphatic carbocycles. The van der Waals surface area contributed by atoms with Crippen molar-refractivity contribution in [3.8, 4) is 5.75 Å². The summed E-state index contributed by atoms with van der Waals surface area (Å²) >= 11 is 0. The maximum Gasteiger partial charge on any atom is 0.341 e. The summed E-state index contributed by atoms with van der Waals surface area (Å²) in [7, 11) is 0. The number of amides is 2. The molecule has 1 aliphatic heterocycles. The Morgan fingerprint density at radius 1 is 1.14 bits per heavy atom. The summed E-state index contributed by atoms with van der Waals surface area (Å²) in [5, 5.41) is 11.4. The fourth-order valence-corrected chi connectivity index (χ4v) is 3.39. The maximum absolute atomic E-state index is 12.5. The molecule has 7 nitrogen and oxygen atoms in total. The molecule has 3 rings (SSSR count). The summed E-state index contributed by atoms with van der Waals surface area (Å²) in [5.41, 5.74) is 3.74. The van der Waals surface area contributed by atoms with E-state index in [9.17, 15) is 14.4 Å². The Labute approximate surface area is 162 Å². The van der Waals surface area contributed by atoms with Gasteiger partial charge in [-0.2, -0.15) is 0 Å². The van der Waals surface area contributed by atoms with E-state index in [0.717, 1.165) is 17.7 Å². The summed E-state index contributed by atoms with van der Waals surface area (Å²) in [6.07, 6.45) is 0.812. The van der Waals surface area contributed by atoms with Crippen LogP contribution in [0.1, 0.15) is 27.0 Å². The number of ether oxygens (including phenoxy) is 1. The molecule has 0 radical (unpaired) electrons. The number of para-hydroxylation sites is 1. The van der Waals surface area contributed by atoms with Crippen LogP contribution < -0.4 is 15.0 Å². The van der Waals surface area contributed by atoms with E-state index in [-0.39, 0.29) is 18.4 Å². The first kappa shape index (κ1) is 19.4. The van der Waals surface area contributed by atoms with Crippen molar-refractivity contribution in [3.63, 3.8) is 0 Å². The van der Waals surface area contributed by atoms with Crippen molar-refractivity contribution >= 4 is 23.5 Å². The standard InChI is InChI=1S/C21H22N2O5/c1-13-9-16(10-14(2)20(13)28-12-19(25)26)21(27)22-11-18(24)23-8-7-15-5-3-4-6-17(15)23/h3-6,9-10H,7-8,11-12H2,1-2H3,(H,22,27)(H,25,26). The number of hydrogen-bond acceptors (Lipinski definition) is 4. The molecule has 0 saturated carbocycles. The maximum atomic E-state index is 12.5. The molecule has 0 saturated heterocycles. The van der Waals surface area contributed by atoms with E-state index >= 15 is 0 Å². The molecule has 0 aromatic heterocycles. The van der Waals surface area contributed by atoms with Gasteiger partial charge in [-0.05, 0) is 55.2 Å². The molecule has 0 bridgehead atoms. The van der Waals surface area contributed by atoms with Gasteiger partial charge in [-0.3, -0.25) is 9.59 Å². The Morgan fingerprint density at radius 3 is 2.50 bits per heavy atom. The molecule has 2 N–H and O–H groups in total. The predicted molar refractivity (Wildman–Crippen MR) is 104 cm³/mol. The molecule has 1 aliphatic rings. The average Bonchev–Trinajstić information content (AvgIpc) is 3.09. The van der Waals surface area contributed by atoms with Gasteiger partial charge in [0.15, 0.2) is 6.61 Å². The predicted octanol–water partition coefficient (Wildman–Crippen LogP) is 2.09. The molecule has 7 heteroatoms. The molecular formula is C21H22N2O5. The normalized spacial score (nSPS) is 12.4. The molecule has 1 heterocycles. The lowest BCUT2D eigenvalue weighted by atomic mass is 10.1. The van der Waals surface area contributed by atoms with Crippen molar-refractivity contribution in [2.45, 2.75) is 20.3 Å². The summed E-state index contributed by atoms with van der Waals surface area (Å²) in [6, 6.07) is 11.0. The summed E-state index contributed by atoms with van der Waals surface area (Å²) in [4.78, 5) is 37.4. The number of fused-ring (bicyclic) bond motifs is 1. The molecule has 2 amide bonds. The zero-order valence-corrected chi connectivity index (χ0v) is 15.8. The van der Waals surface area contributed by atoms with Gasteiger partial charge >= 0.3 is 5.97 Å². The van der Waals surface area contributed by atoms with E-state index in [1.54, 1.807) is 30.9 Å². The van der Waals surface area contributed by atoms with Crippen molar-refractivity contribution in [2.24, 2.45) is 0 Å². The largest absolute Gasteiger partial charge is 0.481 e. The third kappa shape index (κ3) is 4.14. The van der Waals surface area contributed by atoms with Crippen LogP contribution in [0.5, 0.6) is 5.75 Å². The second-order valence-electron chi connectivity index (χ2n) is 6.73. The van der Waals surface area contributed by atoms with Crippen molar-refractivity contribution in [2.75, 3.05) is 24.6 Å². The van der Waals surface area contributed by atoms with E-state index in [1.807, 2.05) is 24.3 Å². The Kier molecular flexibility index (Phi) is 5.63. The number of carbonyl (C=O) groups is 3. The van der Waals surface area contributed by atoms with Crippen LogP contribution in [-0.4, -0.2) is 42.6 Å². The van der Waals surface area contributed by atoms with Crippen molar-refractivity contribution in [3.05, 3.63) is 58.7 Å². The van der Waals surface area contributed by atoms with Crippen LogP contribution in [0.25, 0.3) is 0 Å². The van der Waals surface area contributed by atoms with Crippen LogP contribution in [0.4, 0.5) is 5.69 Å². The lowest BCUT2D eigenvalue weighted by Gasteiger charge is -2.18. The minimum atomic E-state index is -1.07. The first-order valence-electron chi connectivity index (χ1n) is 8.99. The fraction of sp³-hybridized carbons (Fsp3) is 0.286. The van der Waals surface area contributed by atoms with E-state index in [1.165, 1.54) is 0 Å². The number of hydrogen-bond donors (Lipinski definition) is 2. The summed E-state index contributed by atoms with van der Waals surface area (Å²) in [6.45, 7) is 3.56. The first-order valence-corrected chi connectivity index (χ1v) is 8.99. The zero-order chi connectivity index (χ0) is 20.3. The second kappa shape index (κ2) is 8.12. The third-order valence-corrected chi connectivity index (χ3v) is 4.65. The quantitative estimate of drug-likeness (QED) is 0.798. The number of rotatable bonds is 6. The topological polar surface area (TPSA) is 95.9 Å². The number of anilines is 1. The SMILES string of the molecule is Cc1cc(C(=O)NCC(=O)N2CCc3ccccc32)cc(C)c1OCC(=O)O. The highest BCUT2D eigenvalue weighted by molar-refractivity contribution is 6.01. The molecule has 146 valence electrons. The number of carboxylic acids is 1. The summed E-state index contributed by atoms with van der Waals surface area (Å²) < 4.78 is 5.27. The van der Waals surface area contributed by atoms with Crippen LogP contribution in [0.15, 0.2) is 36.4 Å². The molecule has 2 aromatic carbocycles. The number of aryl methyl sites for hydroxylation is 2. The highest BCUT2D eigenvalue weighted by Crippen LogP contribution is 2.27. The number of aliphatic carboxylic acids is 1. The lowest BCUT2D eigenvalue weighted by Crippen LogP contribution is -2.39. The third-order valence-electron chi connectivity index (χ3n) is 4.65. The smallest absolute Gasteiger partial charge is 0.341 e. The van der Waals surface area contributed by atoms with Gasteiger partial charge in [-0.1, -0.05) is 18.2 Å². The van der Waals surface area contributed by atoms with E-state index in [0.29, 0.717) is 29.0 Å². The van der Waals surface area contributed by atoms with Crippen molar-refractivity contribution < 1.29 is 24.2 Å². The highest BCUT2D eigenvalue weighted by atomic mass is 16.5. The highest BCUT2D eigenvalue weighted by Gasteiger charge is 2.24. The number of nitrogens with one attached hydrogen (secondary N) is 1. The van der Waals surface area contributed by atoms with Crippen molar-refractivity contribution in [1.29, 1.82) is 0 Å². The number of carbonyl (C=O) groups excluding carboxylic acids is 2. The second-order valence-corrected chi connectivity index (χ2v) is 6.73. The number of benzene rings is 2. The molecule has 0 atom stereocenters. The monoisotopic (exact) mass is 382 g/mol. The Hall–Kier alpha value is -3.35. The van der Waals surface area contributed by atoms with Gasteiger partial charge < -0.3 is 20.1 Å². The van der Waals surface area contributed by atoms with Crippen LogP contribution in [0.2, 0.25) is 0 Å².